The summed E-state index contributed by atoms with van der Waals surface area (Å²) in [7, 11) is 1.52. The molecule has 0 radical (unpaired) electrons. The van der Waals surface area contributed by atoms with Crippen molar-refractivity contribution in [1.29, 1.82) is 0 Å². The number of nitrogens with one attached hydrogen (secondary N) is 2. The summed E-state index contributed by atoms with van der Waals surface area (Å²) in [4.78, 5) is 32.1. The fourth-order valence-corrected chi connectivity index (χ4v) is 1.00. The first kappa shape index (κ1) is 15.2. The van der Waals surface area contributed by atoms with Gasteiger partial charge in [0, 0.05) is 20.3 Å². The molecule has 1 atom stereocenters. The van der Waals surface area contributed by atoms with Gasteiger partial charge in [-0.1, -0.05) is 0 Å². The molecule has 8 heteroatoms. The topological polar surface area (TPSA) is 125 Å². The molecule has 0 aromatic carbocycles. The van der Waals surface area contributed by atoms with Gasteiger partial charge >= 0.3 is 18.0 Å². The Bertz CT molecular complexity index is 281. The molecule has 0 bridgehead atoms. The molecule has 8 nitrogen and oxygen atoms in total. The van der Waals surface area contributed by atoms with Crippen molar-refractivity contribution < 1.29 is 29.3 Å². The van der Waals surface area contributed by atoms with E-state index in [0.717, 1.165) is 0 Å². The number of rotatable bonds is 8. The maximum atomic E-state index is 11.2. The molecule has 0 aromatic heterocycles. The summed E-state index contributed by atoms with van der Waals surface area (Å²) in [6, 6.07) is -2.15. The first-order chi connectivity index (χ1) is 7.97. The number of aliphatic carboxylic acids is 2. The molecule has 0 aromatic rings. The van der Waals surface area contributed by atoms with E-state index in [-0.39, 0.29) is 0 Å². The summed E-state index contributed by atoms with van der Waals surface area (Å²) in [6.07, 6.45) is -0.0819. The first-order valence-electron chi connectivity index (χ1n) is 4.95. The largest absolute Gasteiger partial charge is 0.481 e. The van der Waals surface area contributed by atoms with Crippen molar-refractivity contribution in [2.75, 3.05) is 20.3 Å². The highest BCUT2D eigenvalue weighted by Crippen LogP contribution is 1.92. The van der Waals surface area contributed by atoms with Gasteiger partial charge in [-0.3, -0.25) is 4.79 Å². The summed E-state index contributed by atoms with van der Waals surface area (Å²) in [5.41, 5.74) is 0. The van der Waals surface area contributed by atoms with Gasteiger partial charge < -0.3 is 25.6 Å². The maximum Gasteiger partial charge on any atom is 0.326 e. The highest BCUT2D eigenvalue weighted by molar-refractivity contribution is 5.86. The molecule has 0 aliphatic rings. The van der Waals surface area contributed by atoms with Gasteiger partial charge in [0.15, 0.2) is 0 Å². The zero-order valence-corrected chi connectivity index (χ0v) is 9.43. The molecule has 0 saturated heterocycles. The predicted octanol–water partition coefficient (Wildman–Crippen LogP) is -0.750. The van der Waals surface area contributed by atoms with Crippen LogP contribution in [0.2, 0.25) is 0 Å². The van der Waals surface area contributed by atoms with Gasteiger partial charge in [0.25, 0.3) is 0 Å². The smallest absolute Gasteiger partial charge is 0.326 e. The number of carboxylic acids is 2. The summed E-state index contributed by atoms with van der Waals surface area (Å²) in [6.45, 7) is 0.789. The fraction of sp³-hybridized carbons (Fsp3) is 0.667. The summed E-state index contributed by atoms with van der Waals surface area (Å²) in [5.74, 6) is -2.68. The number of urea groups is 1. The Morgan fingerprint density at radius 3 is 2.41 bits per heavy atom. The monoisotopic (exact) mass is 248 g/mol. The van der Waals surface area contributed by atoms with E-state index >= 15 is 0 Å². The number of carbonyl (C=O) groups excluding carboxylic acids is 1. The lowest BCUT2D eigenvalue weighted by atomic mass is 10.2. The van der Waals surface area contributed by atoms with Crippen LogP contribution < -0.4 is 10.6 Å². The third kappa shape index (κ3) is 8.03. The van der Waals surface area contributed by atoms with Crippen LogP contribution in [0.5, 0.6) is 0 Å². The van der Waals surface area contributed by atoms with Crippen LogP contribution in [-0.2, 0) is 14.3 Å². The van der Waals surface area contributed by atoms with Crippen molar-refractivity contribution in [3.63, 3.8) is 0 Å². The molecule has 0 fully saturated rings. The third-order valence-corrected chi connectivity index (χ3v) is 1.79. The van der Waals surface area contributed by atoms with E-state index in [4.69, 9.17) is 14.9 Å². The Morgan fingerprint density at radius 2 is 1.94 bits per heavy atom. The lowest BCUT2D eigenvalue weighted by Crippen LogP contribution is -2.47. The van der Waals surface area contributed by atoms with Crippen LogP contribution in [0.15, 0.2) is 0 Å². The van der Waals surface area contributed by atoms with E-state index in [1.807, 2.05) is 0 Å². The van der Waals surface area contributed by atoms with E-state index in [1.165, 1.54) is 7.11 Å². The van der Waals surface area contributed by atoms with E-state index in [2.05, 4.69) is 10.6 Å². The highest BCUT2D eigenvalue weighted by atomic mass is 16.5. The Morgan fingerprint density at radius 1 is 1.29 bits per heavy atom. The minimum absolute atomic E-state index is 0.319. The van der Waals surface area contributed by atoms with Crippen LogP contribution in [0.4, 0.5) is 4.79 Å². The van der Waals surface area contributed by atoms with Crippen molar-refractivity contribution in [1.82, 2.24) is 10.6 Å². The number of ether oxygens (including phenoxy) is 1. The summed E-state index contributed by atoms with van der Waals surface area (Å²) in [5, 5.41) is 21.5. The van der Waals surface area contributed by atoms with Gasteiger partial charge in [-0.2, -0.15) is 0 Å². The molecule has 0 aliphatic heterocycles. The van der Waals surface area contributed by atoms with Crippen LogP contribution in [0, 0.1) is 0 Å². The third-order valence-electron chi connectivity index (χ3n) is 1.79. The van der Waals surface area contributed by atoms with Gasteiger partial charge in [-0.15, -0.1) is 0 Å². The van der Waals surface area contributed by atoms with Crippen LogP contribution in [0.25, 0.3) is 0 Å². The first-order valence-corrected chi connectivity index (χ1v) is 4.95. The average Bonchev–Trinajstić information content (AvgIpc) is 2.22. The standard InChI is InChI=1S/C9H16N2O6/c1-17-4-2-3-10-9(16)11-6(8(14)15)5-7(12)13/h6H,2-5H2,1H3,(H,12,13)(H,14,15)(H2,10,11,16)/t6-/m1/s1. The molecule has 0 spiro atoms. The van der Waals surface area contributed by atoms with Crippen LogP contribution in [0.3, 0.4) is 0 Å². The number of methoxy groups -OCH3 is 1. The summed E-state index contributed by atoms with van der Waals surface area (Å²) < 4.78 is 4.75. The number of carbonyl (C=O) groups is 3. The average molecular weight is 248 g/mol. The Balaban J connectivity index is 3.96. The van der Waals surface area contributed by atoms with Crippen molar-refractivity contribution in [3.8, 4) is 0 Å². The van der Waals surface area contributed by atoms with Crippen LogP contribution in [0.1, 0.15) is 12.8 Å². The molecule has 0 saturated carbocycles. The lowest BCUT2D eigenvalue weighted by molar-refractivity contribution is -0.145. The van der Waals surface area contributed by atoms with Crippen molar-refractivity contribution in [2.24, 2.45) is 0 Å². The highest BCUT2D eigenvalue weighted by Gasteiger charge is 2.22. The van der Waals surface area contributed by atoms with Crippen molar-refractivity contribution in [3.05, 3.63) is 0 Å². The molecule has 0 rings (SSSR count). The Labute approximate surface area is 97.9 Å². The normalized spacial score (nSPS) is 11.6. The minimum Gasteiger partial charge on any atom is -0.481 e. The van der Waals surface area contributed by atoms with Gasteiger partial charge in [0.1, 0.15) is 6.04 Å². The van der Waals surface area contributed by atoms with Gasteiger partial charge in [0.05, 0.1) is 6.42 Å². The maximum absolute atomic E-state index is 11.2. The second-order valence-corrected chi connectivity index (χ2v) is 3.24. The number of amides is 2. The van der Waals surface area contributed by atoms with Crippen LogP contribution in [-0.4, -0.2) is 54.5 Å². The minimum atomic E-state index is -1.44. The second-order valence-electron chi connectivity index (χ2n) is 3.24. The lowest BCUT2D eigenvalue weighted by Gasteiger charge is -2.13. The molecular formula is C9H16N2O6. The van der Waals surface area contributed by atoms with E-state index in [9.17, 15) is 14.4 Å². The van der Waals surface area contributed by atoms with Crippen molar-refractivity contribution in [2.45, 2.75) is 18.9 Å². The molecule has 0 aliphatic carbocycles. The molecule has 0 unspecified atom stereocenters. The van der Waals surface area contributed by atoms with Gasteiger partial charge in [-0.05, 0) is 6.42 Å². The quantitative estimate of drug-likeness (QED) is 0.419. The van der Waals surface area contributed by atoms with Gasteiger partial charge in [-0.25, -0.2) is 9.59 Å². The molecule has 0 heterocycles. The molecule has 98 valence electrons. The summed E-state index contributed by atoms with van der Waals surface area (Å²) >= 11 is 0. The SMILES string of the molecule is COCCCNC(=O)N[C@H](CC(=O)O)C(=O)O. The van der Waals surface area contributed by atoms with E-state index < -0.39 is 30.4 Å². The number of carboxylic acid groups (broad SMARTS) is 2. The molecule has 4 N–H and O–H groups in total. The van der Waals surface area contributed by atoms with Crippen LogP contribution >= 0.6 is 0 Å². The molecule has 2 amide bonds. The Hall–Kier alpha value is -1.83. The number of hydrogen-bond acceptors (Lipinski definition) is 4. The predicted molar refractivity (Wildman–Crippen MR) is 56.7 cm³/mol. The van der Waals surface area contributed by atoms with E-state index in [0.29, 0.717) is 19.6 Å². The van der Waals surface area contributed by atoms with E-state index in [1.54, 1.807) is 0 Å². The molecular weight excluding hydrogens is 232 g/mol. The van der Waals surface area contributed by atoms with Crippen molar-refractivity contribution >= 4 is 18.0 Å². The second kappa shape index (κ2) is 8.34. The number of hydrogen-bond donors (Lipinski definition) is 4. The molecule has 17 heavy (non-hydrogen) atoms. The fourth-order valence-electron chi connectivity index (χ4n) is 1.00. The zero-order valence-electron chi connectivity index (χ0n) is 9.43. The Kier molecular flexibility index (Phi) is 7.44. The van der Waals surface area contributed by atoms with Gasteiger partial charge in [0.2, 0.25) is 0 Å². The zero-order chi connectivity index (χ0) is 13.3.